The van der Waals surface area contributed by atoms with Gasteiger partial charge in [0.1, 0.15) is 17.9 Å². The molecule has 9 heteroatoms. The van der Waals surface area contributed by atoms with Gasteiger partial charge in [-0.15, -0.1) is 0 Å². The standard InChI is InChI=1S/C19H17BrN6O2/c20-13-3-1-4-14(9-13)24-18-16-11-26(7-6-17(16)21-12-22-18)19(27)25-23-10-15-5-2-8-28-15/h1-5,8-10,12H,6-7,11H2,(H,25,27)(H,21,22,24)/b23-10+. The Morgan fingerprint density at radius 3 is 3.04 bits per heavy atom. The summed E-state index contributed by atoms with van der Waals surface area (Å²) in [6.45, 7) is 0.955. The lowest BCUT2D eigenvalue weighted by molar-refractivity contribution is 0.192. The van der Waals surface area contributed by atoms with Crippen LogP contribution in [0.1, 0.15) is 17.0 Å². The van der Waals surface area contributed by atoms with Gasteiger partial charge in [0.05, 0.1) is 24.7 Å². The molecule has 1 aliphatic heterocycles. The zero-order valence-electron chi connectivity index (χ0n) is 14.8. The normalized spacial score (nSPS) is 13.4. The smallest absolute Gasteiger partial charge is 0.338 e. The van der Waals surface area contributed by atoms with Crippen LogP contribution in [-0.4, -0.2) is 33.7 Å². The predicted molar refractivity (Wildman–Crippen MR) is 108 cm³/mol. The van der Waals surface area contributed by atoms with E-state index in [1.165, 1.54) is 6.21 Å². The van der Waals surface area contributed by atoms with Gasteiger partial charge in [0.25, 0.3) is 0 Å². The van der Waals surface area contributed by atoms with Crippen LogP contribution in [0.3, 0.4) is 0 Å². The van der Waals surface area contributed by atoms with Crippen molar-refractivity contribution in [2.75, 3.05) is 11.9 Å². The summed E-state index contributed by atoms with van der Waals surface area (Å²) in [6, 6.07) is 11.0. The van der Waals surface area contributed by atoms with Gasteiger partial charge < -0.3 is 14.6 Å². The Morgan fingerprint density at radius 2 is 2.21 bits per heavy atom. The number of carbonyl (C=O) groups is 1. The number of nitrogens with zero attached hydrogens (tertiary/aromatic N) is 4. The van der Waals surface area contributed by atoms with Crippen molar-refractivity contribution in [3.63, 3.8) is 0 Å². The van der Waals surface area contributed by atoms with E-state index < -0.39 is 0 Å². The maximum atomic E-state index is 12.5. The van der Waals surface area contributed by atoms with Gasteiger partial charge in [0, 0.05) is 28.7 Å². The molecule has 0 unspecified atom stereocenters. The Bertz CT molecular complexity index is 1010. The van der Waals surface area contributed by atoms with E-state index in [-0.39, 0.29) is 6.03 Å². The van der Waals surface area contributed by atoms with E-state index in [1.54, 1.807) is 29.6 Å². The van der Waals surface area contributed by atoms with E-state index in [9.17, 15) is 4.79 Å². The quantitative estimate of drug-likeness (QED) is 0.476. The van der Waals surface area contributed by atoms with E-state index >= 15 is 0 Å². The van der Waals surface area contributed by atoms with Crippen molar-refractivity contribution < 1.29 is 9.21 Å². The molecule has 8 nitrogen and oxygen atoms in total. The third-order valence-corrected chi connectivity index (χ3v) is 4.77. The van der Waals surface area contributed by atoms with Crippen LogP contribution in [0.25, 0.3) is 0 Å². The number of benzene rings is 1. The number of hydrogen-bond acceptors (Lipinski definition) is 6. The number of anilines is 2. The number of aromatic nitrogens is 2. The number of hydrazone groups is 1. The number of halogens is 1. The zero-order valence-corrected chi connectivity index (χ0v) is 16.4. The molecule has 2 aromatic heterocycles. The lowest BCUT2D eigenvalue weighted by Gasteiger charge is -2.28. The summed E-state index contributed by atoms with van der Waals surface area (Å²) in [5, 5.41) is 7.25. The molecule has 28 heavy (non-hydrogen) atoms. The molecule has 4 rings (SSSR count). The highest BCUT2D eigenvalue weighted by Crippen LogP contribution is 2.26. The minimum atomic E-state index is -0.286. The first-order valence-corrected chi connectivity index (χ1v) is 9.45. The van der Waals surface area contributed by atoms with Crippen molar-refractivity contribution in [1.82, 2.24) is 20.3 Å². The van der Waals surface area contributed by atoms with Gasteiger partial charge in [-0.2, -0.15) is 5.10 Å². The average Bonchev–Trinajstić information content (AvgIpc) is 3.21. The Labute approximate surface area is 169 Å². The molecular formula is C19H17BrN6O2. The molecule has 3 aromatic rings. The van der Waals surface area contributed by atoms with Gasteiger partial charge >= 0.3 is 6.03 Å². The van der Waals surface area contributed by atoms with Crippen molar-refractivity contribution in [1.29, 1.82) is 0 Å². The highest BCUT2D eigenvalue weighted by atomic mass is 79.9. The molecule has 3 heterocycles. The Morgan fingerprint density at radius 1 is 1.29 bits per heavy atom. The van der Waals surface area contributed by atoms with Gasteiger partial charge in [-0.25, -0.2) is 20.2 Å². The molecule has 0 bridgehead atoms. The second kappa shape index (κ2) is 8.22. The van der Waals surface area contributed by atoms with Crippen LogP contribution in [0, 0.1) is 0 Å². The molecule has 1 aromatic carbocycles. The van der Waals surface area contributed by atoms with Crippen molar-refractivity contribution in [2.24, 2.45) is 5.10 Å². The van der Waals surface area contributed by atoms with E-state index in [2.05, 4.69) is 41.7 Å². The summed E-state index contributed by atoms with van der Waals surface area (Å²) in [5.41, 5.74) is 5.27. The summed E-state index contributed by atoms with van der Waals surface area (Å²) < 4.78 is 6.11. The van der Waals surface area contributed by atoms with E-state index in [0.717, 1.165) is 21.4 Å². The first-order valence-electron chi connectivity index (χ1n) is 8.66. The monoisotopic (exact) mass is 440 g/mol. The van der Waals surface area contributed by atoms with Crippen LogP contribution in [0.5, 0.6) is 0 Å². The number of hydrogen-bond donors (Lipinski definition) is 2. The number of fused-ring (bicyclic) bond motifs is 1. The predicted octanol–water partition coefficient (Wildman–Crippen LogP) is 3.68. The zero-order chi connectivity index (χ0) is 19.3. The van der Waals surface area contributed by atoms with Gasteiger partial charge in [-0.1, -0.05) is 22.0 Å². The maximum absolute atomic E-state index is 12.5. The molecule has 2 amide bonds. The van der Waals surface area contributed by atoms with Crippen LogP contribution < -0.4 is 10.7 Å². The molecule has 0 saturated heterocycles. The number of carbonyl (C=O) groups excluding carboxylic acids is 1. The number of urea groups is 1. The van der Waals surface area contributed by atoms with Gasteiger partial charge in [-0.05, 0) is 30.3 Å². The molecule has 0 atom stereocenters. The molecule has 0 spiro atoms. The molecule has 0 saturated carbocycles. The van der Waals surface area contributed by atoms with Gasteiger partial charge in [0.15, 0.2) is 0 Å². The second-order valence-electron chi connectivity index (χ2n) is 6.15. The minimum Gasteiger partial charge on any atom is -0.463 e. The number of nitrogens with one attached hydrogen (secondary N) is 2. The average molecular weight is 441 g/mol. The first kappa shape index (κ1) is 18.2. The lowest BCUT2D eigenvalue weighted by Crippen LogP contribution is -2.41. The van der Waals surface area contributed by atoms with Gasteiger partial charge in [0.2, 0.25) is 0 Å². The Hall–Kier alpha value is -3.20. The molecule has 0 fully saturated rings. The van der Waals surface area contributed by atoms with Crippen molar-refractivity contribution in [3.8, 4) is 0 Å². The first-order chi connectivity index (χ1) is 13.7. The van der Waals surface area contributed by atoms with Crippen LogP contribution in [-0.2, 0) is 13.0 Å². The SMILES string of the molecule is O=C(N/N=C/c1ccco1)N1CCc2ncnc(Nc3cccc(Br)c3)c2C1. The molecule has 0 aliphatic carbocycles. The topological polar surface area (TPSA) is 95.7 Å². The highest BCUT2D eigenvalue weighted by molar-refractivity contribution is 9.10. The fourth-order valence-electron chi connectivity index (χ4n) is 2.91. The van der Waals surface area contributed by atoms with Crippen LogP contribution in [0.2, 0.25) is 0 Å². The summed E-state index contributed by atoms with van der Waals surface area (Å²) in [5.74, 6) is 1.26. The number of furan rings is 1. The number of amides is 2. The molecule has 142 valence electrons. The minimum absolute atomic E-state index is 0.286. The molecule has 2 N–H and O–H groups in total. The summed E-state index contributed by atoms with van der Waals surface area (Å²) >= 11 is 3.46. The lowest BCUT2D eigenvalue weighted by atomic mass is 10.1. The Balaban J connectivity index is 1.47. The van der Waals surface area contributed by atoms with E-state index in [1.807, 2.05) is 24.3 Å². The third-order valence-electron chi connectivity index (χ3n) is 4.27. The maximum Gasteiger partial charge on any atom is 0.338 e. The molecule has 1 aliphatic rings. The second-order valence-corrected chi connectivity index (χ2v) is 7.06. The largest absolute Gasteiger partial charge is 0.463 e. The molecular weight excluding hydrogens is 424 g/mol. The van der Waals surface area contributed by atoms with Crippen molar-refractivity contribution in [3.05, 3.63) is 70.5 Å². The highest BCUT2D eigenvalue weighted by Gasteiger charge is 2.24. The van der Waals surface area contributed by atoms with E-state index in [4.69, 9.17) is 4.42 Å². The Kier molecular flexibility index (Phi) is 5.34. The fourth-order valence-corrected chi connectivity index (χ4v) is 3.31. The summed E-state index contributed by atoms with van der Waals surface area (Å²) in [6.07, 6.45) is 5.20. The van der Waals surface area contributed by atoms with Crippen molar-refractivity contribution >= 4 is 39.7 Å². The number of rotatable bonds is 4. The van der Waals surface area contributed by atoms with Gasteiger partial charge in [-0.3, -0.25) is 0 Å². The fraction of sp³-hybridized carbons (Fsp3) is 0.158. The van der Waals surface area contributed by atoms with E-state index in [0.29, 0.717) is 31.1 Å². The third kappa shape index (κ3) is 4.20. The van der Waals surface area contributed by atoms with Crippen LogP contribution in [0.4, 0.5) is 16.3 Å². The van der Waals surface area contributed by atoms with Crippen molar-refractivity contribution in [2.45, 2.75) is 13.0 Å². The van der Waals surface area contributed by atoms with Crippen LogP contribution >= 0.6 is 15.9 Å². The summed E-state index contributed by atoms with van der Waals surface area (Å²) in [7, 11) is 0. The van der Waals surface area contributed by atoms with Crippen LogP contribution in [0.15, 0.2) is 63.0 Å². The summed E-state index contributed by atoms with van der Waals surface area (Å²) in [4.78, 5) is 22.9. The molecule has 0 radical (unpaired) electrons.